The molecule has 0 unspecified atom stereocenters. The molecule has 0 aliphatic carbocycles. The van der Waals surface area contributed by atoms with E-state index in [0.29, 0.717) is 25.4 Å². The molecule has 0 fully saturated rings. The summed E-state index contributed by atoms with van der Waals surface area (Å²) < 4.78 is 11.7. The predicted molar refractivity (Wildman–Crippen MR) is 126 cm³/mol. The smallest absolute Gasteiger partial charge is 0.255 e. The zero-order chi connectivity index (χ0) is 22.1. The monoisotopic (exact) mass is 417 g/mol. The number of benzene rings is 3. The van der Waals surface area contributed by atoms with E-state index in [-0.39, 0.29) is 5.91 Å². The first kappa shape index (κ1) is 22.6. The van der Waals surface area contributed by atoms with Crippen LogP contribution in [0.5, 0.6) is 5.75 Å². The van der Waals surface area contributed by atoms with Crippen molar-refractivity contribution < 1.29 is 14.3 Å². The van der Waals surface area contributed by atoms with Gasteiger partial charge in [-0.1, -0.05) is 62.4 Å². The SMILES string of the molecule is CCOc1ccc(C(=O)Nc2c(CC)cccc2CC)cc1COCc1ccccc1. The fraction of sp³-hybridized carbons (Fsp3) is 0.296. The second-order valence-electron chi connectivity index (χ2n) is 7.35. The average molecular weight is 418 g/mol. The number of ether oxygens (including phenoxy) is 2. The summed E-state index contributed by atoms with van der Waals surface area (Å²) in [4.78, 5) is 13.1. The molecule has 0 atom stereocenters. The quantitative estimate of drug-likeness (QED) is 0.428. The summed E-state index contributed by atoms with van der Waals surface area (Å²) in [6, 6.07) is 21.7. The van der Waals surface area contributed by atoms with E-state index in [0.717, 1.165) is 46.5 Å². The minimum atomic E-state index is -0.122. The number of aryl methyl sites for hydroxylation is 2. The van der Waals surface area contributed by atoms with Crippen molar-refractivity contribution in [3.8, 4) is 5.75 Å². The summed E-state index contributed by atoms with van der Waals surface area (Å²) in [6.45, 7) is 7.58. The lowest BCUT2D eigenvalue weighted by atomic mass is 10.0. The lowest BCUT2D eigenvalue weighted by Crippen LogP contribution is -2.15. The highest BCUT2D eigenvalue weighted by Gasteiger charge is 2.14. The minimum absolute atomic E-state index is 0.122. The summed E-state index contributed by atoms with van der Waals surface area (Å²) in [7, 11) is 0. The summed E-state index contributed by atoms with van der Waals surface area (Å²) in [5.41, 5.74) is 5.78. The lowest BCUT2D eigenvalue weighted by molar-refractivity contribution is 0.101. The number of hydrogen-bond donors (Lipinski definition) is 1. The Morgan fingerprint density at radius 2 is 1.52 bits per heavy atom. The van der Waals surface area contributed by atoms with Crippen molar-refractivity contribution in [2.75, 3.05) is 11.9 Å². The molecule has 0 aliphatic heterocycles. The highest BCUT2D eigenvalue weighted by atomic mass is 16.5. The molecule has 3 rings (SSSR count). The maximum Gasteiger partial charge on any atom is 0.255 e. The molecule has 0 aromatic heterocycles. The number of rotatable bonds is 10. The molecule has 0 saturated carbocycles. The number of para-hydroxylation sites is 1. The summed E-state index contributed by atoms with van der Waals surface area (Å²) in [6.07, 6.45) is 1.73. The Morgan fingerprint density at radius 1 is 0.806 bits per heavy atom. The Bertz CT molecular complexity index is 976. The zero-order valence-corrected chi connectivity index (χ0v) is 18.6. The second-order valence-corrected chi connectivity index (χ2v) is 7.35. The molecular formula is C27H31NO3. The van der Waals surface area contributed by atoms with Crippen molar-refractivity contribution >= 4 is 11.6 Å². The van der Waals surface area contributed by atoms with Crippen LogP contribution < -0.4 is 10.1 Å². The standard InChI is InChI=1S/C27H31NO3/c1-4-21-13-10-14-22(5-2)26(21)28-27(29)23-15-16-25(31-6-3)24(17-23)19-30-18-20-11-8-7-9-12-20/h7-17H,4-6,18-19H2,1-3H3,(H,28,29). The molecule has 4 nitrogen and oxygen atoms in total. The van der Waals surface area contributed by atoms with Crippen molar-refractivity contribution in [2.45, 2.75) is 46.8 Å². The fourth-order valence-corrected chi connectivity index (χ4v) is 3.57. The number of carbonyl (C=O) groups excluding carboxylic acids is 1. The van der Waals surface area contributed by atoms with Crippen molar-refractivity contribution in [1.29, 1.82) is 0 Å². The Hall–Kier alpha value is -3.11. The third-order valence-corrected chi connectivity index (χ3v) is 5.23. The van der Waals surface area contributed by atoms with Crippen LogP contribution in [0.4, 0.5) is 5.69 Å². The maximum absolute atomic E-state index is 13.1. The molecule has 0 spiro atoms. The van der Waals surface area contributed by atoms with Crippen LogP contribution in [0.3, 0.4) is 0 Å². The Kier molecular flexibility index (Phi) is 8.25. The molecule has 3 aromatic rings. The number of hydrogen-bond acceptors (Lipinski definition) is 3. The van der Waals surface area contributed by atoms with E-state index in [4.69, 9.17) is 9.47 Å². The number of anilines is 1. The largest absolute Gasteiger partial charge is 0.494 e. The van der Waals surface area contributed by atoms with Crippen molar-refractivity contribution in [2.24, 2.45) is 0 Å². The Labute approximate surface area is 185 Å². The molecule has 31 heavy (non-hydrogen) atoms. The van der Waals surface area contributed by atoms with Crippen molar-refractivity contribution in [3.05, 3.63) is 94.5 Å². The molecule has 1 N–H and O–H groups in total. The van der Waals surface area contributed by atoms with Crippen LogP contribution in [0.15, 0.2) is 66.7 Å². The topological polar surface area (TPSA) is 47.6 Å². The van der Waals surface area contributed by atoms with Gasteiger partial charge in [0.15, 0.2) is 0 Å². The average Bonchev–Trinajstić information content (AvgIpc) is 2.81. The number of carbonyl (C=O) groups is 1. The number of nitrogens with one attached hydrogen (secondary N) is 1. The van der Waals surface area contributed by atoms with E-state index in [1.165, 1.54) is 0 Å². The van der Waals surface area contributed by atoms with E-state index in [9.17, 15) is 4.79 Å². The van der Waals surface area contributed by atoms with Gasteiger partial charge in [-0.05, 0) is 54.7 Å². The Morgan fingerprint density at radius 3 is 2.16 bits per heavy atom. The molecule has 3 aromatic carbocycles. The van der Waals surface area contributed by atoms with Crippen molar-refractivity contribution in [1.82, 2.24) is 0 Å². The van der Waals surface area contributed by atoms with E-state index in [1.54, 1.807) is 6.07 Å². The zero-order valence-electron chi connectivity index (χ0n) is 18.6. The molecule has 0 aliphatic rings. The molecule has 0 bridgehead atoms. The van der Waals surface area contributed by atoms with Crippen LogP contribution in [-0.4, -0.2) is 12.5 Å². The van der Waals surface area contributed by atoms with Crippen LogP contribution in [-0.2, 0) is 30.8 Å². The van der Waals surface area contributed by atoms with Crippen LogP contribution in [0, 0.1) is 0 Å². The first-order chi connectivity index (χ1) is 15.2. The molecule has 0 saturated heterocycles. The van der Waals surface area contributed by atoms with Gasteiger partial charge in [-0.15, -0.1) is 0 Å². The highest BCUT2D eigenvalue weighted by Crippen LogP contribution is 2.26. The fourth-order valence-electron chi connectivity index (χ4n) is 3.57. The molecular weight excluding hydrogens is 386 g/mol. The molecule has 4 heteroatoms. The Balaban J connectivity index is 1.78. The van der Waals surface area contributed by atoms with Crippen molar-refractivity contribution in [3.63, 3.8) is 0 Å². The highest BCUT2D eigenvalue weighted by molar-refractivity contribution is 6.05. The van der Waals surface area contributed by atoms with E-state index in [1.807, 2.05) is 55.5 Å². The van der Waals surface area contributed by atoms with Crippen LogP contribution >= 0.6 is 0 Å². The van der Waals surface area contributed by atoms with E-state index < -0.39 is 0 Å². The lowest BCUT2D eigenvalue weighted by Gasteiger charge is -2.16. The summed E-state index contributed by atoms with van der Waals surface area (Å²) in [5.74, 6) is 0.623. The van der Waals surface area contributed by atoms with Gasteiger partial charge in [-0.25, -0.2) is 0 Å². The first-order valence-corrected chi connectivity index (χ1v) is 11.0. The summed E-state index contributed by atoms with van der Waals surface area (Å²) >= 11 is 0. The van der Waals surface area contributed by atoms with Gasteiger partial charge in [0.25, 0.3) is 5.91 Å². The van der Waals surface area contributed by atoms with Gasteiger partial charge in [0, 0.05) is 16.8 Å². The maximum atomic E-state index is 13.1. The molecule has 0 heterocycles. The summed E-state index contributed by atoms with van der Waals surface area (Å²) in [5, 5.41) is 3.14. The van der Waals surface area contributed by atoms with E-state index >= 15 is 0 Å². The van der Waals surface area contributed by atoms with Crippen LogP contribution in [0.2, 0.25) is 0 Å². The van der Waals surface area contributed by atoms with Gasteiger partial charge in [0.05, 0.1) is 19.8 Å². The van der Waals surface area contributed by atoms with Gasteiger partial charge in [-0.2, -0.15) is 0 Å². The van der Waals surface area contributed by atoms with Crippen LogP contribution in [0.25, 0.3) is 0 Å². The van der Waals surface area contributed by atoms with Gasteiger partial charge in [-0.3, -0.25) is 4.79 Å². The van der Waals surface area contributed by atoms with Gasteiger partial charge in [0.1, 0.15) is 5.75 Å². The van der Waals surface area contributed by atoms with E-state index in [2.05, 4.69) is 31.3 Å². The number of amides is 1. The third kappa shape index (κ3) is 5.96. The molecule has 0 radical (unpaired) electrons. The van der Waals surface area contributed by atoms with Gasteiger partial charge < -0.3 is 14.8 Å². The predicted octanol–water partition coefficient (Wildman–Crippen LogP) is 6.18. The normalized spacial score (nSPS) is 10.7. The molecule has 1 amide bonds. The van der Waals surface area contributed by atoms with Gasteiger partial charge >= 0.3 is 0 Å². The van der Waals surface area contributed by atoms with Gasteiger partial charge in [0.2, 0.25) is 0 Å². The molecule has 162 valence electrons. The first-order valence-electron chi connectivity index (χ1n) is 11.0. The van der Waals surface area contributed by atoms with Crippen LogP contribution in [0.1, 0.15) is 53.4 Å². The minimum Gasteiger partial charge on any atom is -0.494 e. The second kappa shape index (κ2) is 11.3. The third-order valence-electron chi connectivity index (χ3n) is 5.23.